The van der Waals surface area contributed by atoms with Crippen LogP contribution in [0.4, 0.5) is 15.8 Å². The Morgan fingerprint density at radius 2 is 1.77 bits per heavy atom. The van der Waals surface area contributed by atoms with Crippen LogP contribution in [0.3, 0.4) is 0 Å². The van der Waals surface area contributed by atoms with Gasteiger partial charge in [0, 0.05) is 18.8 Å². The number of hydrogen-bond donors (Lipinski definition) is 1. The van der Waals surface area contributed by atoms with Crippen LogP contribution < -0.4 is 9.62 Å². The molecule has 0 bridgehead atoms. The minimum atomic E-state index is -3.84. The van der Waals surface area contributed by atoms with Crippen molar-refractivity contribution >= 4 is 21.4 Å². The second-order valence-electron chi connectivity index (χ2n) is 6.65. The molecular formula is C19H21FN2O3S. The van der Waals surface area contributed by atoms with Crippen molar-refractivity contribution in [1.29, 1.82) is 0 Å². The smallest absolute Gasteiger partial charge is 0.261 e. The van der Waals surface area contributed by atoms with E-state index in [0.29, 0.717) is 26.3 Å². The normalized spacial score (nSPS) is 17.2. The average molecular weight is 376 g/mol. The monoisotopic (exact) mass is 376 g/mol. The summed E-state index contributed by atoms with van der Waals surface area (Å²) in [5.41, 5.74) is 3.01. The fourth-order valence-corrected chi connectivity index (χ4v) is 4.64. The number of nitrogens with one attached hydrogen (secondary N) is 1. The zero-order chi connectivity index (χ0) is 18.1. The fraction of sp³-hybridized carbons (Fsp3) is 0.368. The van der Waals surface area contributed by atoms with Crippen LogP contribution in [0.2, 0.25) is 0 Å². The first-order chi connectivity index (χ1) is 12.5. The summed E-state index contributed by atoms with van der Waals surface area (Å²) in [6.45, 7) is 2.60. The van der Waals surface area contributed by atoms with Crippen molar-refractivity contribution in [3.8, 4) is 0 Å². The Morgan fingerprint density at radius 1 is 1.00 bits per heavy atom. The lowest BCUT2D eigenvalue weighted by atomic mass is 10.1. The lowest BCUT2D eigenvalue weighted by molar-refractivity contribution is 0.122. The Morgan fingerprint density at radius 3 is 2.58 bits per heavy atom. The molecule has 0 spiro atoms. The standard InChI is InChI=1S/C19H21FN2O3S/c20-18-7-5-16(22-8-10-25-11-9-22)13-19(18)21-26(23,24)17-6-4-14-2-1-3-15(14)12-17/h4-7,12-13,21H,1-3,8-11H2. The molecule has 0 atom stereocenters. The number of rotatable bonds is 4. The van der Waals surface area contributed by atoms with Gasteiger partial charge < -0.3 is 9.64 Å². The summed E-state index contributed by atoms with van der Waals surface area (Å²) in [7, 11) is -3.84. The molecule has 4 rings (SSSR count). The van der Waals surface area contributed by atoms with E-state index in [4.69, 9.17) is 4.74 Å². The molecule has 0 radical (unpaired) electrons. The van der Waals surface area contributed by atoms with Crippen molar-refractivity contribution < 1.29 is 17.5 Å². The molecule has 0 aromatic heterocycles. The van der Waals surface area contributed by atoms with Crippen LogP contribution in [-0.4, -0.2) is 34.7 Å². The molecular weight excluding hydrogens is 355 g/mol. The number of ether oxygens (including phenoxy) is 1. The molecule has 5 nitrogen and oxygen atoms in total. The van der Waals surface area contributed by atoms with Gasteiger partial charge in [-0.15, -0.1) is 0 Å². The third-order valence-electron chi connectivity index (χ3n) is 4.95. The first kappa shape index (κ1) is 17.3. The number of aryl methyl sites for hydroxylation is 2. The van der Waals surface area contributed by atoms with E-state index in [9.17, 15) is 12.8 Å². The van der Waals surface area contributed by atoms with Gasteiger partial charge in [0.05, 0.1) is 23.8 Å². The van der Waals surface area contributed by atoms with Crippen LogP contribution in [-0.2, 0) is 27.6 Å². The van der Waals surface area contributed by atoms with Gasteiger partial charge >= 0.3 is 0 Å². The van der Waals surface area contributed by atoms with Gasteiger partial charge in [-0.25, -0.2) is 12.8 Å². The molecule has 1 aliphatic heterocycles. The maximum Gasteiger partial charge on any atom is 0.261 e. The van der Waals surface area contributed by atoms with Crippen LogP contribution in [0, 0.1) is 5.82 Å². The van der Waals surface area contributed by atoms with E-state index in [0.717, 1.165) is 30.5 Å². The molecule has 0 unspecified atom stereocenters. The van der Waals surface area contributed by atoms with Crippen molar-refractivity contribution in [2.45, 2.75) is 24.2 Å². The van der Waals surface area contributed by atoms with E-state index in [2.05, 4.69) is 9.62 Å². The Kier molecular flexibility index (Phi) is 4.58. The van der Waals surface area contributed by atoms with Gasteiger partial charge in [0.2, 0.25) is 0 Å². The van der Waals surface area contributed by atoms with Gasteiger partial charge in [-0.1, -0.05) is 6.07 Å². The second kappa shape index (κ2) is 6.89. The number of benzene rings is 2. The summed E-state index contributed by atoms with van der Waals surface area (Å²) in [6.07, 6.45) is 2.92. The zero-order valence-corrected chi connectivity index (χ0v) is 15.2. The number of hydrogen-bond acceptors (Lipinski definition) is 4. The van der Waals surface area contributed by atoms with Crippen molar-refractivity contribution in [3.63, 3.8) is 0 Å². The van der Waals surface area contributed by atoms with E-state index < -0.39 is 15.8 Å². The van der Waals surface area contributed by atoms with E-state index in [1.807, 2.05) is 6.07 Å². The molecule has 0 saturated carbocycles. The van der Waals surface area contributed by atoms with E-state index in [1.165, 1.54) is 11.6 Å². The van der Waals surface area contributed by atoms with Gasteiger partial charge in [-0.2, -0.15) is 0 Å². The highest BCUT2D eigenvalue weighted by molar-refractivity contribution is 7.92. The predicted octanol–water partition coefficient (Wildman–Crippen LogP) is 2.95. The third-order valence-corrected chi connectivity index (χ3v) is 6.31. The van der Waals surface area contributed by atoms with Gasteiger partial charge in [-0.05, 0) is 60.7 Å². The number of halogens is 1. The number of nitrogens with zero attached hydrogens (tertiary/aromatic N) is 1. The van der Waals surface area contributed by atoms with Crippen LogP contribution >= 0.6 is 0 Å². The highest BCUT2D eigenvalue weighted by atomic mass is 32.2. The van der Waals surface area contributed by atoms with Gasteiger partial charge in [0.1, 0.15) is 5.82 Å². The summed E-state index contributed by atoms with van der Waals surface area (Å²) in [5.74, 6) is -0.591. The zero-order valence-electron chi connectivity index (χ0n) is 14.4. The average Bonchev–Trinajstić information content (AvgIpc) is 3.12. The molecule has 2 aliphatic rings. The Bertz CT molecular complexity index is 924. The number of anilines is 2. The lowest BCUT2D eigenvalue weighted by Gasteiger charge is -2.29. The van der Waals surface area contributed by atoms with Crippen LogP contribution in [0.5, 0.6) is 0 Å². The summed E-state index contributed by atoms with van der Waals surface area (Å²) in [5, 5.41) is 0. The second-order valence-corrected chi connectivity index (χ2v) is 8.34. The third kappa shape index (κ3) is 3.41. The van der Waals surface area contributed by atoms with Crippen LogP contribution in [0.25, 0.3) is 0 Å². The molecule has 1 fully saturated rings. The molecule has 26 heavy (non-hydrogen) atoms. The van der Waals surface area contributed by atoms with Crippen molar-refractivity contribution in [3.05, 3.63) is 53.3 Å². The highest BCUT2D eigenvalue weighted by Crippen LogP contribution is 2.28. The molecule has 0 amide bonds. The van der Waals surface area contributed by atoms with Crippen molar-refractivity contribution in [1.82, 2.24) is 0 Å². The quantitative estimate of drug-likeness (QED) is 0.891. The summed E-state index contributed by atoms with van der Waals surface area (Å²) in [4.78, 5) is 2.23. The van der Waals surface area contributed by atoms with Crippen LogP contribution in [0.1, 0.15) is 17.5 Å². The SMILES string of the molecule is O=S(=O)(Nc1cc(N2CCOCC2)ccc1F)c1ccc2c(c1)CCC2. The molecule has 1 aliphatic carbocycles. The molecule has 2 aromatic carbocycles. The Labute approximate surface area is 152 Å². The topological polar surface area (TPSA) is 58.6 Å². The molecule has 1 saturated heterocycles. The Balaban J connectivity index is 1.61. The summed E-state index contributed by atoms with van der Waals surface area (Å²) < 4.78 is 47.4. The van der Waals surface area contributed by atoms with E-state index >= 15 is 0 Å². The van der Waals surface area contributed by atoms with Gasteiger partial charge in [-0.3, -0.25) is 4.72 Å². The first-order valence-corrected chi connectivity index (χ1v) is 10.3. The molecule has 2 aromatic rings. The van der Waals surface area contributed by atoms with Crippen molar-refractivity contribution in [2.24, 2.45) is 0 Å². The fourth-order valence-electron chi connectivity index (χ4n) is 3.53. The predicted molar refractivity (Wildman–Crippen MR) is 98.7 cm³/mol. The maximum atomic E-state index is 14.2. The Hall–Kier alpha value is -2.12. The number of morpholine rings is 1. The van der Waals surface area contributed by atoms with Crippen molar-refractivity contribution in [2.75, 3.05) is 35.9 Å². The minimum absolute atomic E-state index is 0.0329. The molecule has 1 heterocycles. The maximum absolute atomic E-state index is 14.2. The summed E-state index contributed by atoms with van der Waals surface area (Å²) >= 11 is 0. The largest absolute Gasteiger partial charge is 0.378 e. The number of sulfonamides is 1. The van der Waals surface area contributed by atoms with Gasteiger partial charge in [0.25, 0.3) is 10.0 Å². The van der Waals surface area contributed by atoms with E-state index in [1.54, 1.807) is 24.3 Å². The van der Waals surface area contributed by atoms with Gasteiger partial charge in [0.15, 0.2) is 0 Å². The molecule has 1 N–H and O–H groups in total. The molecule has 138 valence electrons. The number of fused-ring (bicyclic) bond motifs is 1. The van der Waals surface area contributed by atoms with Crippen LogP contribution in [0.15, 0.2) is 41.3 Å². The summed E-state index contributed by atoms with van der Waals surface area (Å²) in [6, 6.07) is 9.66. The molecule has 7 heteroatoms. The highest BCUT2D eigenvalue weighted by Gasteiger charge is 2.21. The first-order valence-electron chi connectivity index (χ1n) is 8.80. The lowest BCUT2D eigenvalue weighted by Crippen LogP contribution is -2.36. The van der Waals surface area contributed by atoms with E-state index in [-0.39, 0.29) is 10.6 Å². The minimum Gasteiger partial charge on any atom is -0.378 e.